The number of amides is 1. The number of morpholine rings is 1. The second-order valence-electron chi connectivity index (χ2n) is 9.45. The molecule has 2 saturated heterocycles. The van der Waals surface area contributed by atoms with Crippen LogP contribution >= 0.6 is 11.8 Å². The second kappa shape index (κ2) is 12.4. The first-order chi connectivity index (χ1) is 17.0. The van der Waals surface area contributed by atoms with Crippen LogP contribution in [0.2, 0.25) is 0 Å². The molecule has 0 aromatic carbocycles. The first kappa shape index (κ1) is 25.5. The van der Waals surface area contributed by atoms with Crippen LogP contribution in [0.4, 0.5) is 11.5 Å². The number of likely N-dealkylation sites (N-methyl/N-ethyl adjacent to an activating group) is 1. The lowest BCUT2D eigenvalue weighted by atomic mass is 9.91. The van der Waals surface area contributed by atoms with Gasteiger partial charge in [0.1, 0.15) is 11.1 Å². The first-order valence-corrected chi connectivity index (χ1v) is 13.2. The van der Waals surface area contributed by atoms with E-state index in [4.69, 9.17) is 9.72 Å². The number of aliphatic imine (C=N–C) groups is 1. The summed E-state index contributed by atoms with van der Waals surface area (Å²) in [4.78, 5) is 28.2. The number of nitriles is 1. The number of thioether (sulfide) groups is 1. The van der Waals surface area contributed by atoms with E-state index in [-0.39, 0.29) is 11.2 Å². The summed E-state index contributed by atoms with van der Waals surface area (Å²) in [6.45, 7) is 6.02. The van der Waals surface area contributed by atoms with Crippen molar-refractivity contribution in [1.82, 2.24) is 14.8 Å². The van der Waals surface area contributed by atoms with Gasteiger partial charge in [-0.3, -0.25) is 9.79 Å². The Morgan fingerprint density at radius 1 is 1.29 bits per heavy atom. The molecule has 1 aromatic heterocycles. The summed E-state index contributed by atoms with van der Waals surface area (Å²) >= 11 is 1.46. The lowest BCUT2D eigenvalue weighted by molar-refractivity contribution is -0.127. The fourth-order valence-electron chi connectivity index (χ4n) is 4.49. The second-order valence-corrected chi connectivity index (χ2v) is 10.6. The maximum atomic E-state index is 12.5. The maximum Gasteiger partial charge on any atom is 0.246 e. The van der Waals surface area contributed by atoms with Crippen molar-refractivity contribution in [3.63, 3.8) is 0 Å². The molecule has 0 bridgehead atoms. The normalized spacial score (nSPS) is 21.4. The average molecular weight is 498 g/mol. The molecular weight excluding hydrogens is 462 g/mol. The molecule has 1 aromatic rings. The Bertz CT molecular complexity index is 977. The van der Waals surface area contributed by atoms with Crippen molar-refractivity contribution in [3.8, 4) is 6.07 Å². The molecule has 10 heteroatoms. The van der Waals surface area contributed by atoms with Gasteiger partial charge in [-0.2, -0.15) is 5.26 Å². The van der Waals surface area contributed by atoms with Crippen molar-refractivity contribution < 1.29 is 9.53 Å². The molecule has 3 aliphatic heterocycles. The topological polar surface area (TPSA) is 97.1 Å². The Kier molecular flexibility index (Phi) is 9.01. The molecule has 2 fully saturated rings. The summed E-state index contributed by atoms with van der Waals surface area (Å²) in [5.74, 6) is 1.37. The fraction of sp³-hybridized carbons (Fsp3) is 0.600. The summed E-state index contributed by atoms with van der Waals surface area (Å²) in [6, 6.07) is 6.53. The Morgan fingerprint density at radius 3 is 2.74 bits per heavy atom. The van der Waals surface area contributed by atoms with Gasteiger partial charge in [0.05, 0.1) is 25.8 Å². The highest BCUT2D eigenvalue weighted by Gasteiger charge is 2.24. The van der Waals surface area contributed by atoms with E-state index in [1.807, 2.05) is 30.0 Å². The van der Waals surface area contributed by atoms with Gasteiger partial charge < -0.3 is 24.8 Å². The maximum absolute atomic E-state index is 12.5. The number of anilines is 2. The number of rotatable bonds is 7. The quantitative estimate of drug-likeness (QED) is 0.573. The third kappa shape index (κ3) is 7.43. The SMILES string of the molecule is CN(C)CC=CC(=O)N1CCC(Cc2cc(N3CCOCC3)cc(NC3=NCC(C#N)S3)n2)CC1. The first-order valence-electron chi connectivity index (χ1n) is 12.3. The number of amidine groups is 1. The highest BCUT2D eigenvalue weighted by molar-refractivity contribution is 8.15. The van der Waals surface area contributed by atoms with E-state index in [9.17, 15) is 10.1 Å². The van der Waals surface area contributed by atoms with Gasteiger partial charge in [-0.05, 0) is 45.3 Å². The van der Waals surface area contributed by atoms with Gasteiger partial charge >= 0.3 is 0 Å². The Morgan fingerprint density at radius 2 is 2.06 bits per heavy atom. The van der Waals surface area contributed by atoms with E-state index in [2.05, 4.69) is 33.4 Å². The summed E-state index contributed by atoms with van der Waals surface area (Å²) in [5, 5.41) is 13.1. The van der Waals surface area contributed by atoms with Crippen molar-refractivity contribution in [2.45, 2.75) is 24.5 Å². The van der Waals surface area contributed by atoms with Gasteiger partial charge in [0.25, 0.3) is 0 Å². The van der Waals surface area contributed by atoms with Crippen molar-refractivity contribution in [2.75, 3.05) is 76.8 Å². The molecule has 9 nitrogen and oxygen atoms in total. The van der Waals surface area contributed by atoms with Gasteiger partial charge in [-0.25, -0.2) is 4.98 Å². The van der Waals surface area contributed by atoms with Gasteiger partial charge in [0.2, 0.25) is 5.91 Å². The molecule has 4 rings (SSSR count). The number of nitrogens with one attached hydrogen (secondary N) is 1. The molecule has 3 aliphatic rings. The molecule has 0 radical (unpaired) electrons. The summed E-state index contributed by atoms with van der Waals surface area (Å²) < 4.78 is 5.54. The minimum absolute atomic E-state index is 0.106. The molecule has 0 saturated carbocycles. The van der Waals surface area contributed by atoms with Crippen LogP contribution in [0, 0.1) is 17.2 Å². The minimum atomic E-state index is -0.134. The molecule has 1 atom stereocenters. The lowest BCUT2D eigenvalue weighted by Crippen LogP contribution is -2.38. The molecule has 0 spiro atoms. The number of aromatic nitrogens is 1. The number of piperidine rings is 1. The molecule has 1 N–H and O–H groups in total. The van der Waals surface area contributed by atoms with Crippen molar-refractivity contribution in [1.29, 1.82) is 5.26 Å². The Balaban J connectivity index is 1.39. The number of hydrogen-bond donors (Lipinski definition) is 1. The van der Waals surface area contributed by atoms with Crippen LogP contribution < -0.4 is 10.2 Å². The zero-order chi connectivity index (χ0) is 24.6. The van der Waals surface area contributed by atoms with E-state index in [1.54, 1.807) is 6.08 Å². The highest BCUT2D eigenvalue weighted by Crippen LogP contribution is 2.28. The number of carbonyl (C=O) groups is 1. The molecule has 35 heavy (non-hydrogen) atoms. The van der Waals surface area contributed by atoms with E-state index in [0.29, 0.717) is 12.5 Å². The summed E-state index contributed by atoms with van der Waals surface area (Å²) in [7, 11) is 3.98. The van der Waals surface area contributed by atoms with Crippen LogP contribution in [-0.2, 0) is 16.0 Å². The highest BCUT2D eigenvalue weighted by atomic mass is 32.2. The standard InChI is InChI=1S/C25H35N7O2S/c1-30(2)7-3-4-24(33)32-8-5-19(6-9-32)14-20-15-21(31-10-12-34-13-11-31)16-23(28-20)29-25-27-18-22(17-26)35-25/h3-4,15-16,19,22H,5-14,18H2,1-2H3,(H,27,28,29). The van der Waals surface area contributed by atoms with Gasteiger partial charge in [0, 0.05) is 56.2 Å². The third-order valence-corrected chi connectivity index (χ3v) is 7.42. The molecule has 1 amide bonds. The predicted molar refractivity (Wildman–Crippen MR) is 141 cm³/mol. The van der Waals surface area contributed by atoms with Gasteiger partial charge in [-0.15, -0.1) is 0 Å². The monoisotopic (exact) mass is 497 g/mol. The van der Waals surface area contributed by atoms with Crippen LogP contribution in [0.3, 0.4) is 0 Å². The van der Waals surface area contributed by atoms with Crippen LogP contribution in [0.25, 0.3) is 0 Å². The third-order valence-electron chi connectivity index (χ3n) is 6.43. The van der Waals surface area contributed by atoms with E-state index in [0.717, 1.165) is 87.6 Å². The molecule has 4 heterocycles. The van der Waals surface area contributed by atoms with E-state index >= 15 is 0 Å². The molecule has 0 aliphatic carbocycles. The summed E-state index contributed by atoms with van der Waals surface area (Å²) in [6.07, 6.45) is 6.46. The van der Waals surface area contributed by atoms with E-state index in [1.165, 1.54) is 11.8 Å². The molecule has 188 valence electrons. The van der Waals surface area contributed by atoms with Gasteiger partial charge in [-0.1, -0.05) is 17.8 Å². The average Bonchev–Trinajstić information content (AvgIpc) is 3.32. The Labute approximate surface area is 212 Å². The zero-order valence-electron chi connectivity index (χ0n) is 20.7. The van der Waals surface area contributed by atoms with E-state index < -0.39 is 0 Å². The smallest absolute Gasteiger partial charge is 0.246 e. The van der Waals surface area contributed by atoms with Crippen molar-refractivity contribution in [3.05, 3.63) is 30.0 Å². The van der Waals surface area contributed by atoms with Crippen LogP contribution in [0.15, 0.2) is 29.3 Å². The van der Waals surface area contributed by atoms with Crippen LogP contribution in [-0.4, -0.2) is 97.7 Å². The molecular formula is C25H35N7O2S. The lowest BCUT2D eigenvalue weighted by Gasteiger charge is -2.32. The number of likely N-dealkylation sites (tertiary alicyclic amines) is 1. The van der Waals surface area contributed by atoms with Crippen LogP contribution in [0.1, 0.15) is 18.5 Å². The number of ether oxygens (including phenoxy) is 1. The summed E-state index contributed by atoms with van der Waals surface area (Å²) in [5.41, 5.74) is 2.19. The van der Waals surface area contributed by atoms with Crippen molar-refractivity contribution in [2.24, 2.45) is 10.9 Å². The predicted octanol–water partition coefficient (Wildman–Crippen LogP) is 2.22. The zero-order valence-corrected chi connectivity index (χ0v) is 21.5. The number of hydrogen-bond acceptors (Lipinski definition) is 9. The van der Waals surface area contributed by atoms with Crippen LogP contribution in [0.5, 0.6) is 0 Å². The number of nitrogens with zero attached hydrogens (tertiary/aromatic N) is 6. The Hall–Kier alpha value is -2.61. The number of pyridine rings is 1. The molecule has 1 unspecified atom stereocenters. The largest absolute Gasteiger partial charge is 0.378 e. The van der Waals surface area contributed by atoms with Gasteiger partial charge in [0.15, 0.2) is 5.17 Å². The number of carbonyl (C=O) groups excluding carboxylic acids is 1. The van der Waals surface area contributed by atoms with Crippen molar-refractivity contribution >= 4 is 34.3 Å². The fourth-order valence-corrected chi connectivity index (χ4v) is 5.27. The minimum Gasteiger partial charge on any atom is -0.378 e.